The number of hydrogen-bond donors (Lipinski definition) is 2. The zero-order chi connectivity index (χ0) is 19.2. The topological polar surface area (TPSA) is 67.2 Å². The second-order valence-electron chi connectivity index (χ2n) is 6.77. The highest BCUT2D eigenvalue weighted by molar-refractivity contribution is 5.94. The van der Waals surface area contributed by atoms with Crippen molar-refractivity contribution in [3.05, 3.63) is 77.6 Å². The third kappa shape index (κ3) is 5.05. The lowest BCUT2D eigenvalue weighted by molar-refractivity contribution is 0.0952. The Balaban J connectivity index is 1.55. The highest BCUT2D eigenvalue weighted by atomic mass is 16.3. The molecule has 0 unspecified atom stereocenters. The van der Waals surface area contributed by atoms with E-state index >= 15 is 0 Å². The van der Waals surface area contributed by atoms with E-state index in [0.717, 1.165) is 35.2 Å². The Hall–Kier alpha value is -2.92. The molecule has 1 heterocycles. The molecule has 5 heteroatoms. The molecule has 1 amide bonds. The Kier molecular flexibility index (Phi) is 6.04. The number of rotatable bonds is 7. The van der Waals surface area contributed by atoms with Gasteiger partial charge in [0.2, 0.25) is 0 Å². The highest BCUT2D eigenvalue weighted by Gasteiger charge is 2.07. The van der Waals surface area contributed by atoms with Crippen LogP contribution in [0.1, 0.15) is 40.9 Å². The van der Waals surface area contributed by atoms with Crippen molar-refractivity contribution < 1.29 is 9.90 Å². The van der Waals surface area contributed by atoms with E-state index in [2.05, 4.69) is 10.4 Å². The van der Waals surface area contributed by atoms with Gasteiger partial charge in [0.05, 0.1) is 12.3 Å². The molecule has 0 saturated heterocycles. The molecule has 5 nitrogen and oxygen atoms in total. The first-order chi connectivity index (χ1) is 13.0. The lowest BCUT2D eigenvalue weighted by Gasteiger charge is -2.09. The van der Waals surface area contributed by atoms with Crippen molar-refractivity contribution >= 4 is 5.91 Å². The Morgan fingerprint density at radius 3 is 2.63 bits per heavy atom. The molecule has 0 aliphatic rings. The smallest absolute Gasteiger partial charge is 0.251 e. The summed E-state index contributed by atoms with van der Waals surface area (Å²) < 4.78 is 1.89. The zero-order valence-electron chi connectivity index (χ0n) is 15.7. The van der Waals surface area contributed by atoms with E-state index in [4.69, 9.17) is 0 Å². The molecular weight excluding hydrogens is 338 g/mol. The average Bonchev–Trinajstić information content (AvgIpc) is 3.10. The Labute approximate surface area is 159 Å². The molecule has 2 N–H and O–H groups in total. The van der Waals surface area contributed by atoms with Crippen LogP contribution < -0.4 is 5.32 Å². The normalized spacial score (nSPS) is 12.0. The monoisotopic (exact) mass is 363 g/mol. The van der Waals surface area contributed by atoms with Crippen LogP contribution in [0, 0.1) is 6.92 Å². The molecule has 140 valence electrons. The minimum atomic E-state index is -0.499. The summed E-state index contributed by atoms with van der Waals surface area (Å²) >= 11 is 0. The molecule has 0 bridgehead atoms. The van der Waals surface area contributed by atoms with Crippen molar-refractivity contribution in [2.45, 2.75) is 32.9 Å². The van der Waals surface area contributed by atoms with Crippen molar-refractivity contribution in [2.75, 3.05) is 6.54 Å². The van der Waals surface area contributed by atoms with Gasteiger partial charge in [-0.25, -0.2) is 0 Å². The largest absolute Gasteiger partial charge is 0.389 e. The molecular formula is C22H25N3O2. The molecule has 3 rings (SSSR count). The van der Waals surface area contributed by atoms with Crippen molar-refractivity contribution in [1.29, 1.82) is 0 Å². The highest BCUT2D eigenvalue weighted by Crippen LogP contribution is 2.23. The summed E-state index contributed by atoms with van der Waals surface area (Å²) in [5.74, 6) is -0.0732. The summed E-state index contributed by atoms with van der Waals surface area (Å²) in [5, 5.41) is 16.9. The number of nitrogens with zero attached hydrogens (tertiary/aromatic N) is 2. The van der Waals surface area contributed by atoms with E-state index in [0.29, 0.717) is 12.1 Å². The summed E-state index contributed by atoms with van der Waals surface area (Å²) in [6, 6.07) is 15.3. The first-order valence-corrected chi connectivity index (χ1v) is 9.18. The molecule has 0 spiro atoms. The van der Waals surface area contributed by atoms with E-state index in [1.54, 1.807) is 6.92 Å². The molecule has 2 aromatic carbocycles. The summed E-state index contributed by atoms with van der Waals surface area (Å²) in [4.78, 5) is 12.3. The maximum atomic E-state index is 12.3. The average molecular weight is 363 g/mol. The number of benzene rings is 2. The van der Waals surface area contributed by atoms with Crippen LogP contribution in [0.4, 0.5) is 0 Å². The zero-order valence-corrected chi connectivity index (χ0v) is 15.7. The number of carbonyl (C=O) groups excluding carboxylic acids is 1. The van der Waals surface area contributed by atoms with Gasteiger partial charge in [0.25, 0.3) is 5.91 Å². The van der Waals surface area contributed by atoms with E-state index < -0.39 is 6.10 Å². The Morgan fingerprint density at radius 2 is 1.96 bits per heavy atom. The number of aromatic nitrogens is 2. The standard InChI is InChI=1S/C22H25N3O2/c1-16-14-24-25(15-16)12-4-11-23-22(27)19-9-7-18(8-10-19)21-6-3-5-20(13-21)17(2)26/h3,5-10,13-15,17,26H,4,11-12H2,1-2H3,(H,23,27)/t17-/m1/s1. The van der Waals surface area contributed by atoms with Crippen LogP contribution in [0.5, 0.6) is 0 Å². The fourth-order valence-corrected chi connectivity index (χ4v) is 2.93. The van der Waals surface area contributed by atoms with Crippen molar-refractivity contribution in [3.63, 3.8) is 0 Å². The molecule has 1 aromatic heterocycles. The second-order valence-corrected chi connectivity index (χ2v) is 6.77. The Bertz CT molecular complexity index is 898. The van der Waals surface area contributed by atoms with Crippen molar-refractivity contribution in [1.82, 2.24) is 15.1 Å². The van der Waals surface area contributed by atoms with Gasteiger partial charge < -0.3 is 10.4 Å². The van der Waals surface area contributed by atoms with Gasteiger partial charge in [-0.2, -0.15) is 5.10 Å². The third-order valence-electron chi connectivity index (χ3n) is 4.46. The fourth-order valence-electron chi connectivity index (χ4n) is 2.93. The van der Waals surface area contributed by atoms with Gasteiger partial charge in [0, 0.05) is 24.8 Å². The van der Waals surface area contributed by atoms with Gasteiger partial charge >= 0.3 is 0 Å². The fraction of sp³-hybridized carbons (Fsp3) is 0.273. The van der Waals surface area contributed by atoms with Crippen LogP contribution >= 0.6 is 0 Å². The minimum Gasteiger partial charge on any atom is -0.389 e. The number of nitrogens with one attached hydrogen (secondary N) is 1. The summed E-state index contributed by atoms with van der Waals surface area (Å²) in [5.41, 5.74) is 4.69. The van der Waals surface area contributed by atoms with E-state index in [9.17, 15) is 9.90 Å². The summed E-state index contributed by atoms with van der Waals surface area (Å²) in [7, 11) is 0. The second kappa shape index (κ2) is 8.64. The third-order valence-corrected chi connectivity index (χ3v) is 4.46. The van der Waals surface area contributed by atoms with Crippen molar-refractivity contribution in [2.24, 2.45) is 0 Å². The van der Waals surface area contributed by atoms with Crippen LogP contribution in [0.3, 0.4) is 0 Å². The quantitative estimate of drug-likeness (QED) is 0.629. The summed E-state index contributed by atoms with van der Waals surface area (Å²) in [6.07, 6.45) is 4.15. The molecule has 0 saturated carbocycles. The number of carbonyl (C=O) groups is 1. The van der Waals surface area contributed by atoms with Gasteiger partial charge in [-0.3, -0.25) is 9.48 Å². The molecule has 0 aliphatic heterocycles. The van der Waals surface area contributed by atoms with Crippen LogP contribution in [0.15, 0.2) is 60.9 Å². The van der Waals surface area contributed by atoms with Gasteiger partial charge in [-0.05, 0) is 60.7 Å². The molecule has 1 atom stereocenters. The van der Waals surface area contributed by atoms with Crippen LogP contribution in [0.2, 0.25) is 0 Å². The van der Waals surface area contributed by atoms with Gasteiger partial charge in [-0.15, -0.1) is 0 Å². The molecule has 27 heavy (non-hydrogen) atoms. The van der Waals surface area contributed by atoms with Gasteiger partial charge in [0.15, 0.2) is 0 Å². The molecule has 0 aliphatic carbocycles. The predicted octanol–water partition coefficient (Wildman–Crippen LogP) is 3.73. The first kappa shape index (κ1) is 18.9. The van der Waals surface area contributed by atoms with Crippen molar-refractivity contribution in [3.8, 4) is 11.1 Å². The number of aryl methyl sites for hydroxylation is 2. The number of aliphatic hydroxyl groups is 1. The van der Waals surface area contributed by atoms with Gasteiger partial charge in [-0.1, -0.05) is 30.3 Å². The lowest BCUT2D eigenvalue weighted by Crippen LogP contribution is -2.25. The number of amides is 1. The Morgan fingerprint density at radius 1 is 1.19 bits per heavy atom. The molecule has 3 aromatic rings. The maximum absolute atomic E-state index is 12.3. The molecule has 0 fully saturated rings. The van der Waals surface area contributed by atoms with Crippen LogP contribution in [0.25, 0.3) is 11.1 Å². The lowest BCUT2D eigenvalue weighted by atomic mass is 10.00. The predicted molar refractivity (Wildman–Crippen MR) is 106 cm³/mol. The summed E-state index contributed by atoms with van der Waals surface area (Å²) in [6.45, 7) is 5.15. The first-order valence-electron chi connectivity index (χ1n) is 9.18. The van der Waals surface area contributed by atoms with Crippen LogP contribution in [-0.2, 0) is 6.54 Å². The van der Waals surface area contributed by atoms with Crippen LogP contribution in [-0.4, -0.2) is 27.3 Å². The van der Waals surface area contributed by atoms with E-state index in [1.807, 2.05) is 72.5 Å². The SMILES string of the molecule is Cc1cnn(CCCNC(=O)c2ccc(-c3cccc([C@@H](C)O)c3)cc2)c1. The van der Waals surface area contributed by atoms with E-state index in [-0.39, 0.29) is 5.91 Å². The maximum Gasteiger partial charge on any atom is 0.251 e. The number of hydrogen-bond acceptors (Lipinski definition) is 3. The number of aliphatic hydroxyl groups excluding tert-OH is 1. The minimum absolute atomic E-state index is 0.0732. The van der Waals surface area contributed by atoms with Gasteiger partial charge in [0.1, 0.15) is 0 Å². The molecule has 0 radical (unpaired) electrons. The van der Waals surface area contributed by atoms with E-state index in [1.165, 1.54) is 0 Å².